The molecule has 3 N–H and O–H groups in total. The van der Waals surface area contributed by atoms with Crippen LogP contribution in [-0.2, 0) is 0 Å². The molecule has 0 aromatic heterocycles. The van der Waals surface area contributed by atoms with Crippen LogP contribution >= 0.6 is 0 Å². The number of aryl methyl sites for hydroxylation is 1. The van der Waals surface area contributed by atoms with Crippen LogP contribution in [0.3, 0.4) is 0 Å². The lowest BCUT2D eigenvalue weighted by atomic mass is 9.96. The van der Waals surface area contributed by atoms with Crippen molar-refractivity contribution in [1.82, 2.24) is 5.43 Å². The van der Waals surface area contributed by atoms with Crippen molar-refractivity contribution >= 4 is 0 Å². The summed E-state index contributed by atoms with van der Waals surface area (Å²) in [6.07, 6.45) is 7.13. The Morgan fingerprint density at radius 3 is 2.61 bits per heavy atom. The second-order valence-corrected chi connectivity index (χ2v) is 4.92. The number of nitrogens with one attached hydrogen (secondary N) is 1. The smallest absolute Gasteiger partial charge is 0.123 e. The number of benzene rings is 1. The summed E-state index contributed by atoms with van der Waals surface area (Å²) in [6, 6.07) is 4.95. The van der Waals surface area contributed by atoms with E-state index >= 15 is 0 Å². The molecule has 1 atom stereocenters. The van der Waals surface area contributed by atoms with Gasteiger partial charge in [0, 0.05) is 6.04 Å². The molecule has 1 unspecified atom stereocenters. The van der Waals surface area contributed by atoms with Crippen LogP contribution in [0.25, 0.3) is 0 Å². The van der Waals surface area contributed by atoms with E-state index in [1.807, 2.05) is 13.0 Å². The Labute approximate surface area is 110 Å². The second-order valence-electron chi connectivity index (χ2n) is 4.92. The molecule has 0 aliphatic heterocycles. The van der Waals surface area contributed by atoms with Crippen molar-refractivity contribution in [1.29, 1.82) is 0 Å². The molecule has 3 heteroatoms. The van der Waals surface area contributed by atoms with Gasteiger partial charge in [-0.05, 0) is 36.6 Å². The van der Waals surface area contributed by atoms with Crippen molar-refractivity contribution in [3.05, 3.63) is 35.1 Å². The molecule has 2 nitrogen and oxygen atoms in total. The molecule has 0 radical (unpaired) electrons. The van der Waals surface area contributed by atoms with E-state index in [4.69, 9.17) is 5.84 Å². The Balaban J connectivity index is 2.52. The largest absolute Gasteiger partial charge is 0.271 e. The zero-order valence-electron chi connectivity index (χ0n) is 11.5. The Bertz CT molecular complexity index is 352. The van der Waals surface area contributed by atoms with Crippen molar-refractivity contribution < 1.29 is 4.39 Å². The number of hydrazine groups is 1. The molecule has 0 fully saturated rings. The number of hydrogen-bond acceptors (Lipinski definition) is 2. The highest BCUT2D eigenvalue weighted by Crippen LogP contribution is 2.23. The molecule has 0 bridgehead atoms. The summed E-state index contributed by atoms with van der Waals surface area (Å²) < 4.78 is 13.3. The third-order valence-electron chi connectivity index (χ3n) is 3.41. The van der Waals surface area contributed by atoms with E-state index in [1.165, 1.54) is 31.7 Å². The molecule has 102 valence electrons. The molecular formula is C15H25FN2. The highest BCUT2D eigenvalue weighted by Gasteiger charge is 2.12. The monoisotopic (exact) mass is 252 g/mol. The minimum absolute atomic E-state index is 0.0577. The van der Waals surface area contributed by atoms with Gasteiger partial charge in [-0.2, -0.15) is 0 Å². The highest BCUT2D eigenvalue weighted by atomic mass is 19.1. The van der Waals surface area contributed by atoms with E-state index in [1.54, 1.807) is 6.07 Å². The van der Waals surface area contributed by atoms with Gasteiger partial charge in [0.25, 0.3) is 0 Å². The van der Waals surface area contributed by atoms with Crippen LogP contribution in [0.4, 0.5) is 4.39 Å². The first-order valence-electron chi connectivity index (χ1n) is 6.91. The van der Waals surface area contributed by atoms with Crippen LogP contribution in [0.5, 0.6) is 0 Å². The van der Waals surface area contributed by atoms with Gasteiger partial charge < -0.3 is 0 Å². The average Bonchev–Trinajstić information content (AvgIpc) is 2.37. The molecule has 0 spiro atoms. The maximum atomic E-state index is 13.3. The minimum atomic E-state index is -0.193. The van der Waals surface area contributed by atoms with Crippen LogP contribution in [0.2, 0.25) is 0 Å². The lowest BCUT2D eigenvalue weighted by molar-refractivity contribution is 0.474. The van der Waals surface area contributed by atoms with E-state index in [0.29, 0.717) is 0 Å². The van der Waals surface area contributed by atoms with Crippen molar-refractivity contribution in [2.45, 2.75) is 58.4 Å². The Kier molecular flexibility index (Phi) is 6.91. The van der Waals surface area contributed by atoms with Crippen LogP contribution in [-0.4, -0.2) is 0 Å². The van der Waals surface area contributed by atoms with Gasteiger partial charge in [0.2, 0.25) is 0 Å². The highest BCUT2D eigenvalue weighted by molar-refractivity contribution is 5.29. The summed E-state index contributed by atoms with van der Waals surface area (Å²) in [6.45, 7) is 4.20. The third-order valence-corrected chi connectivity index (χ3v) is 3.41. The van der Waals surface area contributed by atoms with Gasteiger partial charge in [-0.3, -0.25) is 11.3 Å². The van der Waals surface area contributed by atoms with E-state index in [2.05, 4.69) is 12.3 Å². The molecule has 0 amide bonds. The Hall–Kier alpha value is -0.930. The predicted octanol–water partition coefficient (Wildman–Crippen LogP) is 4.00. The molecule has 0 aliphatic rings. The Morgan fingerprint density at radius 2 is 1.94 bits per heavy atom. The fourth-order valence-corrected chi connectivity index (χ4v) is 2.27. The first-order valence-corrected chi connectivity index (χ1v) is 6.91. The van der Waals surface area contributed by atoms with Crippen molar-refractivity contribution in [2.24, 2.45) is 5.84 Å². The van der Waals surface area contributed by atoms with Crippen LogP contribution < -0.4 is 11.3 Å². The summed E-state index contributed by atoms with van der Waals surface area (Å²) in [7, 11) is 0. The van der Waals surface area contributed by atoms with Crippen molar-refractivity contribution in [3.8, 4) is 0 Å². The lowest BCUT2D eigenvalue weighted by Gasteiger charge is -2.18. The summed E-state index contributed by atoms with van der Waals surface area (Å²) in [5, 5.41) is 0. The van der Waals surface area contributed by atoms with Gasteiger partial charge in [-0.25, -0.2) is 4.39 Å². The predicted molar refractivity (Wildman–Crippen MR) is 74.6 cm³/mol. The van der Waals surface area contributed by atoms with Gasteiger partial charge in [0.05, 0.1) is 0 Å². The number of rotatable bonds is 8. The first-order chi connectivity index (χ1) is 8.69. The molecule has 1 aromatic carbocycles. The topological polar surface area (TPSA) is 38.0 Å². The number of unbranched alkanes of at least 4 members (excludes halogenated alkanes) is 4. The molecule has 0 saturated carbocycles. The van der Waals surface area contributed by atoms with Crippen LogP contribution in [0.15, 0.2) is 18.2 Å². The minimum Gasteiger partial charge on any atom is -0.271 e. The van der Waals surface area contributed by atoms with E-state index in [0.717, 1.165) is 24.0 Å². The molecule has 1 aromatic rings. The van der Waals surface area contributed by atoms with Crippen LogP contribution in [0, 0.1) is 12.7 Å². The summed E-state index contributed by atoms with van der Waals surface area (Å²) in [4.78, 5) is 0. The van der Waals surface area contributed by atoms with Gasteiger partial charge in [-0.15, -0.1) is 0 Å². The third kappa shape index (κ3) is 4.75. The maximum Gasteiger partial charge on any atom is 0.123 e. The van der Waals surface area contributed by atoms with Gasteiger partial charge in [0.1, 0.15) is 5.82 Å². The summed E-state index contributed by atoms with van der Waals surface area (Å²) in [5.74, 6) is 5.40. The molecule has 18 heavy (non-hydrogen) atoms. The van der Waals surface area contributed by atoms with Gasteiger partial charge >= 0.3 is 0 Å². The SMILES string of the molecule is CCCCCCCC(NN)c1cc(F)ccc1C. The van der Waals surface area contributed by atoms with Gasteiger partial charge in [-0.1, -0.05) is 45.1 Å². The van der Waals surface area contributed by atoms with E-state index in [-0.39, 0.29) is 11.9 Å². The van der Waals surface area contributed by atoms with E-state index in [9.17, 15) is 4.39 Å². The molecular weight excluding hydrogens is 227 g/mol. The van der Waals surface area contributed by atoms with Gasteiger partial charge in [0.15, 0.2) is 0 Å². The number of hydrogen-bond donors (Lipinski definition) is 2. The fraction of sp³-hybridized carbons (Fsp3) is 0.600. The fourth-order valence-electron chi connectivity index (χ4n) is 2.27. The quantitative estimate of drug-likeness (QED) is 0.417. The zero-order chi connectivity index (χ0) is 13.4. The molecule has 0 saturated heterocycles. The number of nitrogens with two attached hydrogens (primary N) is 1. The van der Waals surface area contributed by atoms with Crippen molar-refractivity contribution in [3.63, 3.8) is 0 Å². The molecule has 1 rings (SSSR count). The average molecular weight is 252 g/mol. The molecule has 0 heterocycles. The lowest BCUT2D eigenvalue weighted by Crippen LogP contribution is -2.28. The second kappa shape index (κ2) is 8.22. The number of halogens is 1. The standard InChI is InChI=1S/C15H25FN2/c1-3-4-5-6-7-8-15(18-17)14-11-13(16)10-9-12(14)2/h9-11,15,18H,3-8,17H2,1-2H3. The maximum absolute atomic E-state index is 13.3. The van der Waals surface area contributed by atoms with E-state index < -0.39 is 0 Å². The van der Waals surface area contributed by atoms with Crippen molar-refractivity contribution in [2.75, 3.05) is 0 Å². The zero-order valence-corrected chi connectivity index (χ0v) is 11.5. The normalized spacial score (nSPS) is 12.7. The van der Waals surface area contributed by atoms with Crippen LogP contribution in [0.1, 0.15) is 62.6 Å². The summed E-state index contributed by atoms with van der Waals surface area (Å²) >= 11 is 0. The summed E-state index contributed by atoms with van der Waals surface area (Å²) in [5.41, 5.74) is 4.88. The molecule has 0 aliphatic carbocycles. The first kappa shape index (κ1) is 15.1. The Morgan fingerprint density at radius 1 is 1.22 bits per heavy atom.